The molecule has 1 saturated heterocycles. The lowest BCUT2D eigenvalue weighted by Crippen LogP contribution is -2.51. The van der Waals surface area contributed by atoms with Gasteiger partial charge in [-0.25, -0.2) is 4.98 Å². The molecule has 1 N–H and O–H groups in total. The van der Waals surface area contributed by atoms with Gasteiger partial charge in [-0.05, 0) is 30.3 Å². The highest BCUT2D eigenvalue weighted by Gasteiger charge is 2.33. The van der Waals surface area contributed by atoms with Gasteiger partial charge >= 0.3 is 6.18 Å². The fourth-order valence-corrected chi connectivity index (χ4v) is 2.89. The number of ether oxygens (including phenoxy) is 2. The quantitative estimate of drug-likeness (QED) is 0.778. The fraction of sp³-hybridized carbons (Fsp3) is 0.368. The van der Waals surface area contributed by atoms with Crippen LogP contribution in [-0.4, -0.2) is 50.7 Å². The third kappa shape index (κ3) is 4.85. The lowest BCUT2D eigenvalue weighted by Gasteiger charge is -2.31. The third-order valence-corrected chi connectivity index (χ3v) is 4.52. The number of aromatic nitrogens is 1. The maximum absolute atomic E-state index is 12.6. The summed E-state index contributed by atoms with van der Waals surface area (Å²) < 4.78 is 48.5. The zero-order valence-electron chi connectivity index (χ0n) is 15.3. The molecule has 0 unspecified atom stereocenters. The van der Waals surface area contributed by atoms with Crippen molar-refractivity contribution in [1.82, 2.24) is 4.90 Å². The Morgan fingerprint density at radius 2 is 1.68 bits per heavy atom. The van der Waals surface area contributed by atoms with Gasteiger partial charge in [-0.15, -0.1) is 0 Å². The molecular formula is C19H21F3N3O3+. The van der Waals surface area contributed by atoms with E-state index in [9.17, 15) is 18.0 Å². The van der Waals surface area contributed by atoms with Crippen molar-refractivity contribution in [3.05, 3.63) is 48.2 Å². The number of amides is 1. The van der Waals surface area contributed by atoms with Gasteiger partial charge in [-0.2, -0.15) is 13.2 Å². The van der Waals surface area contributed by atoms with Crippen molar-refractivity contribution >= 4 is 11.7 Å². The average Bonchev–Trinajstić information content (AvgIpc) is 2.72. The molecule has 9 heteroatoms. The molecule has 1 aliphatic heterocycles. The molecule has 0 spiro atoms. The lowest BCUT2D eigenvalue weighted by molar-refractivity contribution is -0.367. The molecule has 0 saturated carbocycles. The molecule has 2 heterocycles. The van der Waals surface area contributed by atoms with Gasteiger partial charge in [0.05, 0.1) is 25.8 Å². The molecule has 0 aliphatic carbocycles. The smallest absolute Gasteiger partial charge is 0.419 e. The normalized spacial score (nSPS) is 14.7. The molecule has 1 aliphatic rings. The number of benzene rings is 1. The van der Waals surface area contributed by atoms with Gasteiger partial charge in [0.25, 0.3) is 11.7 Å². The number of methoxy groups -OCH3 is 1. The van der Waals surface area contributed by atoms with E-state index in [-0.39, 0.29) is 12.5 Å². The lowest BCUT2D eigenvalue weighted by atomic mass is 10.2. The molecule has 0 bridgehead atoms. The van der Waals surface area contributed by atoms with E-state index in [0.717, 1.165) is 12.3 Å². The number of nitrogens with zero attached hydrogens (tertiary/aromatic N) is 2. The van der Waals surface area contributed by atoms with Crippen LogP contribution in [0.2, 0.25) is 0 Å². The number of hydrogen-bond donors (Lipinski definition) is 0. The molecule has 3 rings (SSSR count). The van der Waals surface area contributed by atoms with Crippen LogP contribution in [-0.2, 0) is 11.0 Å². The number of hydrogen-bond acceptors (Lipinski definition) is 4. The average molecular weight is 396 g/mol. The van der Waals surface area contributed by atoms with E-state index in [4.69, 9.17) is 9.47 Å². The summed E-state index contributed by atoms with van der Waals surface area (Å²) in [6.45, 7) is 1.92. The largest absolute Gasteiger partial charge is 0.497 e. The Morgan fingerprint density at radius 3 is 2.21 bits per heavy atom. The van der Waals surface area contributed by atoms with E-state index < -0.39 is 11.7 Å². The number of rotatable bonds is 5. The van der Waals surface area contributed by atoms with Crippen LogP contribution >= 0.6 is 0 Å². The van der Waals surface area contributed by atoms with Crippen LogP contribution in [0.1, 0.15) is 5.56 Å². The van der Waals surface area contributed by atoms with Crippen molar-refractivity contribution in [2.24, 2.45) is 0 Å². The van der Waals surface area contributed by atoms with Crippen molar-refractivity contribution in [1.29, 1.82) is 0 Å². The third-order valence-electron chi connectivity index (χ3n) is 4.52. The predicted octanol–water partition coefficient (Wildman–Crippen LogP) is 2.26. The Bertz CT molecular complexity index is 787. The topological polar surface area (TPSA) is 56.2 Å². The van der Waals surface area contributed by atoms with Gasteiger partial charge in [0, 0.05) is 6.07 Å². The molecular weight excluding hydrogens is 375 g/mol. The number of pyridine rings is 1. The van der Waals surface area contributed by atoms with Gasteiger partial charge in [0.15, 0.2) is 6.61 Å². The number of nitrogens with one attached hydrogen (secondary N) is 1. The molecule has 1 aromatic carbocycles. The number of anilines is 1. The summed E-state index contributed by atoms with van der Waals surface area (Å²) in [7, 11) is 1.57. The van der Waals surface area contributed by atoms with E-state index in [2.05, 4.69) is 4.98 Å². The Kier molecular flexibility index (Phi) is 5.91. The number of carbonyl (C=O) groups excluding carboxylic acids is 1. The molecule has 1 amide bonds. The van der Waals surface area contributed by atoms with Crippen molar-refractivity contribution in [3.63, 3.8) is 0 Å². The Morgan fingerprint density at radius 1 is 1.04 bits per heavy atom. The van der Waals surface area contributed by atoms with Crippen LogP contribution < -0.4 is 19.4 Å². The first-order valence-corrected chi connectivity index (χ1v) is 8.75. The summed E-state index contributed by atoms with van der Waals surface area (Å²) in [6.07, 6.45) is -3.42. The van der Waals surface area contributed by atoms with Gasteiger partial charge in [0.1, 0.15) is 30.8 Å². The summed E-state index contributed by atoms with van der Waals surface area (Å²) in [4.78, 5) is 18.6. The number of carbonyl (C=O) groups is 1. The molecule has 0 atom stereocenters. The second kappa shape index (κ2) is 8.37. The number of aromatic amines is 1. The van der Waals surface area contributed by atoms with Crippen LogP contribution in [0.5, 0.6) is 11.5 Å². The van der Waals surface area contributed by atoms with E-state index in [1.54, 1.807) is 36.3 Å². The van der Waals surface area contributed by atoms with Gasteiger partial charge < -0.3 is 14.4 Å². The van der Waals surface area contributed by atoms with Crippen molar-refractivity contribution in [2.75, 3.05) is 44.8 Å². The van der Waals surface area contributed by atoms with E-state index in [1.807, 2.05) is 4.90 Å². The summed E-state index contributed by atoms with van der Waals surface area (Å²) in [5.74, 6) is 1.74. The number of piperazine rings is 1. The minimum atomic E-state index is -4.37. The first-order valence-electron chi connectivity index (χ1n) is 8.75. The standard InChI is InChI=1S/C19H20F3N3O3/c1-27-15-3-5-16(6-4-15)28-13-18(26)25-10-8-24(9-11-25)17-7-2-14(12-23-17)19(20,21)22/h2-7,12H,8-11,13H2,1H3/p+1. The molecule has 2 aromatic rings. The van der Waals surface area contributed by atoms with Crippen molar-refractivity contribution < 1.29 is 32.4 Å². The summed E-state index contributed by atoms with van der Waals surface area (Å²) >= 11 is 0. The highest BCUT2D eigenvalue weighted by molar-refractivity contribution is 5.78. The molecule has 1 fully saturated rings. The zero-order chi connectivity index (χ0) is 20.1. The number of H-pyrrole nitrogens is 1. The van der Waals surface area contributed by atoms with Crippen LogP contribution in [0, 0.1) is 0 Å². The Labute approximate surface area is 160 Å². The van der Waals surface area contributed by atoms with E-state index >= 15 is 0 Å². The van der Waals surface area contributed by atoms with E-state index in [1.165, 1.54) is 6.07 Å². The Hall–Kier alpha value is -2.97. The van der Waals surface area contributed by atoms with Gasteiger partial charge in [-0.3, -0.25) is 9.69 Å². The first kappa shape index (κ1) is 19.8. The molecule has 28 heavy (non-hydrogen) atoms. The maximum atomic E-state index is 12.6. The second-order valence-electron chi connectivity index (χ2n) is 6.29. The van der Waals surface area contributed by atoms with Crippen molar-refractivity contribution in [3.8, 4) is 11.5 Å². The predicted molar refractivity (Wildman–Crippen MR) is 95.3 cm³/mol. The number of halogens is 3. The van der Waals surface area contributed by atoms with Crippen LogP contribution in [0.25, 0.3) is 0 Å². The molecule has 150 valence electrons. The molecule has 1 aromatic heterocycles. The molecule has 0 radical (unpaired) electrons. The molecule has 6 nitrogen and oxygen atoms in total. The van der Waals surface area contributed by atoms with E-state index in [0.29, 0.717) is 43.5 Å². The minimum Gasteiger partial charge on any atom is -0.497 e. The summed E-state index contributed by atoms with van der Waals surface area (Å²) in [5, 5.41) is 0. The number of alkyl halides is 3. The SMILES string of the molecule is COc1ccc(OCC(=O)N2CCN(c3ccc(C(F)(F)F)c[nH+]3)CC2)cc1. The van der Waals surface area contributed by atoms with Crippen molar-refractivity contribution in [2.45, 2.75) is 6.18 Å². The highest BCUT2D eigenvalue weighted by atomic mass is 19.4. The van der Waals surface area contributed by atoms with Crippen LogP contribution in [0.4, 0.5) is 19.0 Å². The van der Waals surface area contributed by atoms with Crippen LogP contribution in [0.3, 0.4) is 0 Å². The fourth-order valence-electron chi connectivity index (χ4n) is 2.89. The monoisotopic (exact) mass is 396 g/mol. The maximum Gasteiger partial charge on any atom is 0.419 e. The first-order chi connectivity index (χ1) is 13.4. The Balaban J connectivity index is 1.48. The minimum absolute atomic E-state index is 0.0707. The zero-order valence-corrected chi connectivity index (χ0v) is 15.3. The summed E-state index contributed by atoms with van der Waals surface area (Å²) in [6, 6.07) is 9.41. The van der Waals surface area contributed by atoms with Crippen LogP contribution in [0.15, 0.2) is 42.6 Å². The summed E-state index contributed by atoms with van der Waals surface area (Å²) in [5.41, 5.74) is -0.722. The van der Waals surface area contributed by atoms with Gasteiger partial charge in [0.2, 0.25) is 0 Å². The highest BCUT2D eigenvalue weighted by Crippen LogP contribution is 2.28. The van der Waals surface area contributed by atoms with Gasteiger partial charge in [-0.1, -0.05) is 0 Å². The second-order valence-corrected chi connectivity index (χ2v) is 6.29.